The quantitative estimate of drug-likeness (QED) is 0.705. The lowest BCUT2D eigenvalue weighted by atomic mass is 10.1. The van der Waals surface area contributed by atoms with Crippen LogP contribution in [0.15, 0.2) is 18.2 Å². The van der Waals surface area contributed by atoms with E-state index in [1.54, 1.807) is 17.6 Å². The van der Waals surface area contributed by atoms with E-state index >= 15 is 0 Å². The molecule has 0 aliphatic carbocycles. The summed E-state index contributed by atoms with van der Waals surface area (Å²) in [6.07, 6.45) is -4.35. The van der Waals surface area contributed by atoms with Crippen LogP contribution in [-0.2, 0) is 12.7 Å². The van der Waals surface area contributed by atoms with Crippen molar-refractivity contribution in [2.24, 2.45) is 0 Å². The molecule has 0 unspecified atom stereocenters. The number of alkyl halides is 3. The topological polar surface area (TPSA) is 4.93 Å². The van der Waals surface area contributed by atoms with Crippen LogP contribution in [0.2, 0.25) is 5.15 Å². The van der Waals surface area contributed by atoms with Crippen molar-refractivity contribution in [2.75, 3.05) is 0 Å². The maximum absolute atomic E-state index is 12.9. The molecule has 0 amide bonds. The Morgan fingerprint density at radius 1 is 1.29 bits per heavy atom. The molecule has 0 bridgehead atoms. The van der Waals surface area contributed by atoms with Crippen molar-refractivity contribution in [2.45, 2.75) is 26.6 Å². The van der Waals surface area contributed by atoms with Crippen LogP contribution in [0.5, 0.6) is 0 Å². The van der Waals surface area contributed by atoms with Crippen molar-refractivity contribution in [3.63, 3.8) is 0 Å². The summed E-state index contributed by atoms with van der Waals surface area (Å²) in [4.78, 5) is 0. The van der Waals surface area contributed by atoms with Gasteiger partial charge in [-0.25, -0.2) is 0 Å². The zero-order valence-corrected chi connectivity index (χ0v) is 10.2. The summed E-state index contributed by atoms with van der Waals surface area (Å²) in [5.74, 6) is 0. The van der Waals surface area contributed by atoms with Gasteiger partial charge in [0, 0.05) is 11.9 Å². The smallest absolute Gasteiger partial charge is 0.332 e. The molecule has 1 nitrogen and oxygen atoms in total. The Labute approximate surface area is 102 Å². The van der Waals surface area contributed by atoms with Crippen molar-refractivity contribution in [1.29, 1.82) is 0 Å². The fourth-order valence-electron chi connectivity index (χ4n) is 2.12. The molecule has 1 heterocycles. The predicted octanol–water partition coefficient (Wildman–Crippen LogP) is 4.64. The van der Waals surface area contributed by atoms with Crippen molar-refractivity contribution < 1.29 is 13.2 Å². The minimum atomic E-state index is -4.35. The summed E-state index contributed by atoms with van der Waals surface area (Å²) in [6, 6.07) is 4.16. The van der Waals surface area contributed by atoms with Crippen LogP contribution in [0.3, 0.4) is 0 Å². The third-order valence-corrected chi connectivity index (χ3v) is 3.36. The summed E-state index contributed by atoms with van der Waals surface area (Å²) in [5.41, 5.74) is 0.392. The molecule has 5 heteroatoms. The normalized spacial score (nSPS) is 12.4. The highest BCUT2D eigenvalue weighted by Gasteiger charge is 2.34. The van der Waals surface area contributed by atoms with E-state index in [-0.39, 0.29) is 5.39 Å². The first-order chi connectivity index (χ1) is 7.88. The van der Waals surface area contributed by atoms with Crippen molar-refractivity contribution in [3.05, 3.63) is 34.5 Å². The summed E-state index contributed by atoms with van der Waals surface area (Å²) < 4.78 is 40.4. The van der Waals surface area contributed by atoms with Gasteiger partial charge >= 0.3 is 6.18 Å². The highest BCUT2D eigenvalue weighted by Crippen LogP contribution is 2.39. The van der Waals surface area contributed by atoms with Crippen LogP contribution < -0.4 is 0 Å². The Balaban J connectivity index is 2.91. The third kappa shape index (κ3) is 1.80. The summed E-state index contributed by atoms with van der Waals surface area (Å²) >= 11 is 6.05. The molecular weight excluding hydrogens is 251 g/mol. The van der Waals surface area contributed by atoms with Crippen LogP contribution >= 0.6 is 11.6 Å². The summed E-state index contributed by atoms with van der Waals surface area (Å²) in [5, 5.41) is 0.575. The highest BCUT2D eigenvalue weighted by atomic mass is 35.5. The molecule has 0 spiro atoms. The minimum absolute atomic E-state index is 0.201. The number of hydrogen-bond donors (Lipinski definition) is 0. The predicted molar refractivity (Wildman–Crippen MR) is 62.4 cm³/mol. The van der Waals surface area contributed by atoms with Gasteiger partial charge in [-0.3, -0.25) is 0 Å². The number of rotatable bonds is 1. The van der Waals surface area contributed by atoms with Gasteiger partial charge in [-0.05, 0) is 31.5 Å². The van der Waals surface area contributed by atoms with Gasteiger partial charge in [0.15, 0.2) is 0 Å². The van der Waals surface area contributed by atoms with Gasteiger partial charge in [0.05, 0.1) is 11.1 Å². The largest absolute Gasteiger partial charge is 0.417 e. The minimum Gasteiger partial charge on any atom is -0.332 e. The second kappa shape index (κ2) is 3.95. The zero-order valence-electron chi connectivity index (χ0n) is 9.40. The van der Waals surface area contributed by atoms with Crippen LogP contribution in [0.25, 0.3) is 10.9 Å². The van der Waals surface area contributed by atoms with E-state index in [9.17, 15) is 13.2 Å². The first-order valence-electron chi connectivity index (χ1n) is 5.22. The number of aromatic nitrogens is 1. The van der Waals surface area contributed by atoms with Gasteiger partial charge in [0.1, 0.15) is 5.15 Å². The highest BCUT2D eigenvalue weighted by molar-refractivity contribution is 6.32. The van der Waals surface area contributed by atoms with Crippen LogP contribution in [0, 0.1) is 6.92 Å². The molecule has 17 heavy (non-hydrogen) atoms. The molecule has 0 saturated heterocycles. The standard InChI is InChI=1S/C12H11ClF3N/c1-3-17-9-6-4-5-8(12(14,15)16)10(9)7(2)11(17)13/h4-6H,3H2,1-2H3. The van der Waals surface area contributed by atoms with Gasteiger partial charge in [0.2, 0.25) is 0 Å². The van der Waals surface area contributed by atoms with E-state index in [0.29, 0.717) is 22.8 Å². The second-order valence-corrected chi connectivity index (χ2v) is 4.22. The lowest BCUT2D eigenvalue weighted by Crippen LogP contribution is -2.05. The monoisotopic (exact) mass is 261 g/mol. The maximum atomic E-state index is 12.9. The van der Waals surface area contributed by atoms with Crippen LogP contribution in [-0.4, -0.2) is 4.57 Å². The Kier molecular flexibility index (Phi) is 2.86. The molecule has 0 fully saturated rings. The first-order valence-corrected chi connectivity index (χ1v) is 5.60. The fourth-order valence-corrected chi connectivity index (χ4v) is 2.42. The van der Waals surface area contributed by atoms with Crippen LogP contribution in [0.4, 0.5) is 13.2 Å². The molecule has 92 valence electrons. The average Bonchev–Trinajstić information content (AvgIpc) is 2.50. The Morgan fingerprint density at radius 3 is 2.47 bits per heavy atom. The van der Waals surface area contributed by atoms with E-state index in [1.165, 1.54) is 6.07 Å². The molecule has 1 aromatic carbocycles. The molecule has 0 radical (unpaired) electrons. The van der Waals surface area contributed by atoms with E-state index in [1.807, 2.05) is 6.92 Å². The SMILES string of the molecule is CCn1c(Cl)c(C)c2c(C(F)(F)F)cccc21. The van der Waals surface area contributed by atoms with Crippen molar-refractivity contribution in [3.8, 4) is 0 Å². The lowest BCUT2D eigenvalue weighted by molar-refractivity contribution is -0.136. The van der Waals surface area contributed by atoms with Crippen molar-refractivity contribution >= 4 is 22.5 Å². The van der Waals surface area contributed by atoms with E-state index < -0.39 is 11.7 Å². The van der Waals surface area contributed by atoms with Gasteiger partial charge < -0.3 is 4.57 Å². The molecule has 2 aromatic rings. The average molecular weight is 262 g/mol. The van der Waals surface area contributed by atoms with E-state index in [2.05, 4.69) is 0 Å². The maximum Gasteiger partial charge on any atom is 0.417 e. The molecule has 0 aliphatic rings. The Bertz CT molecular complexity index is 569. The molecule has 0 aliphatic heterocycles. The third-order valence-electron chi connectivity index (χ3n) is 2.88. The number of nitrogens with zero attached hydrogens (tertiary/aromatic N) is 1. The lowest BCUT2D eigenvalue weighted by Gasteiger charge is -2.09. The van der Waals surface area contributed by atoms with Gasteiger partial charge in [-0.2, -0.15) is 13.2 Å². The Hall–Kier alpha value is -1.16. The number of fused-ring (bicyclic) bond motifs is 1. The van der Waals surface area contributed by atoms with Gasteiger partial charge in [-0.1, -0.05) is 17.7 Å². The van der Waals surface area contributed by atoms with Gasteiger partial charge in [0.25, 0.3) is 0 Å². The first kappa shape index (κ1) is 12.3. The molecule has 0 saturated carbocycles. The van der Waals surface area contributed by atoms with E-state index in [0.717, 1.165) is 6.07 Å². The van der Waals surface area contributed by atoms with E-state index in [4.69, 9.17) is 11.6 Å². The summed E-state index contributed by atoms with van der Waals surface area (Å²) in [7, 11) is 0. The molecular formula is C12H11ClF3N. The molecule has 0 atom stereocenters. The zero-order chi connectivity index (χ0) is 12.8. The number of aryl methyl sites for hydroxylation is 2. The number of hydrogen-bond acceptors (Lipinski definition) is 0. The van der Waals surface area contributed by atoms with Crippen molar-refractivity contribution in [1.82, 2.24) is 4.57 Å². The number of halogens is 4. The second-order valence-electron chi connectivity index (χ2n) is 3.86. The fraction of sp³-hybridized carbons (Fsp3) is 0.333. The number of benzene rings is 1. The van der Waals surface area contributed by atoms with Crippen LogP contribution in [0.1, 0.15) is 18.1 Å². The summed E-state index contributed by atoms with van der Waals surface area (Å²) in [6.45, 7) is 4.02. The Morgan fingerprint density at radius 2 is 1.94 bits per heavy atom. The molecule has 0 N–H and O–H groups in total. The molecule has 2 rings (SSSR count). The van der Waals surface area contributed by atoms with Gasteiger partial charge in [-0.15, -0.1) is 0 Å². The molecule has 1 aromatic heterocycles.